The van der Waals surface area contributed by atoms with Crippen molar-refractivity contribution in [2.24, 2.45) is 11.3 Å². The molecule has 0 aliphatic carbocycles. The smallest absolute Gasteiger partial charge is 0.233 e. The molecule has 1 saturated heterocycles. The van der Waals surface area contributed by atoms with Crippen molar-refractivity contribution in [2.45, 2.75) is 52.4 Å². The van der Waals surface area contributed by atoms with Crippen molar-refractivity contribution in [3.63, 3.8) is 0 Å². The number of unbranched alkanes of at least 4 members (excludes halogenated alkanes) is 1. The molecule has 3 N–H and O–H groups in total. The van der Waals surface area contributed by atoms with E-state index in [1.165, 1.54) is 32.4 Å². The highest BCUT2D eigenvalue weighted by Crippen LogP contribution is 2.36. The largest absolute Gasteiger partial charge is 0.303 e. The van der Waals surface area contributed by atoms with Crippen LogP contribution in [0.4, 0.5) is 0 Å². The van der Waals surface area contributed by atoms with Gasteiger partial charge in [-0.3, -0.25) is 10.2 Å². The summed E-state index contributed by atoms with van der Waals surface area (Å²) < 4.78 is 0. The van der Waals surface area contributed by atoms with E-state index in [0.717, 1.165) is 19.4 Å². The molecule has 4 heteroatoms. The topological polar surface area (TPSA) is 58.4 Å². The summed E-state index contributed by atoms with van der Waals surface area (Å²) in [5.41, 5.74) is 2.74. The second-order valence-corrected chi connectivity index (χ2v) is 5.26. The van der Waals surface area contributed by atoms with Crippen molar-refractivity contribution in [1.82, 2.24) is 10.3 Å². The molecule has 0 spiro atoms. The Morgan fingerprint density at radius 2 is 2.06 bits per heavy atom. The fraction of sp³-hybridized carbons (Fsp3) is 0.923. The standard InChI is InChI=1S/C13H27N3O/c1-3-13(4-2)8-10-16(11-13)9-6-5-7-12(17)15-14/h3-11,14H2,1-2H3,(H,15,17). The molecule has 1 amide bonds. The summed E-state index contributed by atoms with van der Waals surface area (Å²) in [4.78, 5) is 13.5. The molecule has 0 radical (unpaired) electrons. The Balaban J connectivity index is 2.16. The van der Waals surface area contributed by atoms with Crippen LogP contribution in [0.15, 0.2) is 0 Å². The van der Waals surface area contributed by atoms with Gasteiger partial charge >= 0.3 is 0 Å². The molecule has 0 bridgehead atoms. The van der Waals surface area contributed by atoms with Gasteiger partial charge in [0.25, 0.3) is 0 Å². The van der Waals surface area contributed by atoms with Crippen LogP contribution in [0, 0.1) is 5.41 Å². The predicted molar refractivity (Wildman–Crippen MR) is 70.3 cm³/mol. The number of carbonyl (C=O) groups is 1. The lowest BCUT2D eigenvalue weighted by Gasteiger charge is -2.26. The molecule has 17 heavy (non-hydrogen) atoms. The van der Waals surface area contributed by atoms with Crippen LogP contribution in [0.5, 0.6) is 0 Å². The molecular formula is C13H27N3O. The van der Waals surface area contributed by atoms with Crippen LogP contribution in [0.2, 0.25) is 0 Å². The summed E-state index contributed by atoms with van der Waals surface area (Å²) in [6, 6.07) is 0. The zero-order chi connectivity index (χ0) is 12.7. The molecule has 0 atom stereocenters. The third-order valence-electron chi connectivity index (χ3n) is 4.31. The van der Waals surface area contributed by atoms with Gasteiger partial charge in [-0.2, -0.15) is 0 Å². The van der Waals surface area contributed by atoms with Crippen LogP contribution in [-0.4, -0.2) is 30.4 Å². The maximum absolute atomic E-state index is 11.0. The second-order valence-electron chi connectivity index (χ2n) is 5.26. The van der Waals surface area contributed by atoms with Crippen LogP contribution in [0.3, 0.4) is 0 Å². The Morgan fingerprint density at radius 3 is 2.59 bits per heavy atom. The first-order valence-corrected chi connectivity index (χ1v) is 6.87. The molecule has 0 aromatic carbocycles. The van der Waals surface area contributed by atoms with Gasteiger partial charge in [0, 0.05) is 13.0 Å². The van der Waals surface area contributed by atoms with Crippen LogP contribution >= 0.6 is 0 Å². The van der Waals surface area contributed by atoms with E-state index in [0.29, 0.717) is 11.8 Å². The number of carbonyl (C=O) groups excluding carboxylic acids is 1. The Kier molecular flexibility index (Phi) is 5.92. The van der Waals surface area contributed by atoms with Crippen molar-refractivity contribution in [3.8, 4) is 0 Å². The van der Waals surface area contributed by atoms with Crippen LogP contribution in [-0.2, 0) is 4.79 Å². The van der Waals surface area contributed by atoms with Gasteiger partial charge in [0.05, 0.1) is 0 Å². The summed E-state index contributed by atoms with van der Waals surface area (Å²) in [5, 5.41) is 0. The van der Waals surface area contributed by atoms with Gasteiger partial charge in [-0.25, -0.2) is 5.84 Å². The third-order valence-corrected chi connectivity index (χ3v) is 4.31. The summed E-state index contributed by atoms with van der Waals surface area (Å²) in [6.45, 7) is 8.20. The molecule has 1 aliphatic rings. The van der Waals surface area contributed by atoms with Gasteiger partial charge < -0.3 is 4.90 Å². The number of rotatable bonds is 7. The molecular weight excluding hydrogens is 214 g/mol. The number of likely N-dealkylation sites (tertiary alicyclic amines) is 1. The number of nitrogens with zero attached hydrogens (tertiary/aromatic N) is 1. The molecule has 0 aromatic rings. The minimum Gasteiger partial charge on any atom is -0.303 e. The Hall–Kier alpha value is -0.610. The van der Waals surface area contributed by atoms with Crippen molar-refractivity contribution >= 4 is 5.91 Å². The molecule has 0 saturated carbocycles. The second kappa shape index (κ2) is 6.97. The summed E-state index contributed by atoms with van der Waals surface area (Å²) in [7, 11) is 0. The molecule has 1 aliphatic heterocycles. The van der Waals surface area contributed by atoms with Gasteiger partial charge in [-0.1, -0.05) is 13.8 Å². The summed E-state index contributed by atoms with van der Waals surface area (Å²) in [6.07, 6.45) is 6.49. The highest BCUT2D eigenvalue weighted by Gasteiger charge is 2.34. The molecule has 0 unspecified atom stereocenters. The SMILES string of the molecule is CCC1(CC)CCN(CCCCC(=O)NN)C1. The quantitative estimate of drug-likeness (QED) is 0.308. The molecule has 1 heterocycles. The first kappa shape index (κ1) is 14.5. The van der Waals surface area contributed by atoms with Gasteiger partial charge in [0.15, 0.2) is 0 Å². The molecule has 1 rings (SSSR count). The van der Waals surface area contributed by atoms with Crippen molar-refractivity contribution < 1.29 is 4.79 Å². The number of amides is 1. The van der Waals surface area contributed by atoms with Gasteiger partial charge in [-0.15, -0.1) is 0 Å². The van der Waals surface area contributed by atoms with Crippen LogP contribution in [0.1, 0.15) is 52.4 Å². The lowest BCUT2D eigenvalue weighted by molar-refractivity contribution is -0.121. The predicted octanol–water partition coefficient (Wildman–Crippen LogP) is 1.66. The zero-order valence-electron chi connectivity index (χ0n) is 11.3. The molecule has 4 nitrogen and oxygen atoms in total. The Labute approximate surface area is 105 Å². The van der Waals surface area contributed by atoms with E-state index in [4.69, 9.17) is 5.84 Å². The third kappa shape index (κ3) is 4.28. The zero-order valence-corrected chi connectivity index (χ0v) is 11.3. The van der Waals surface area contributed by atoms with Crippen molar-refractivity contribution in [1.29, 1.82) is 0 Å². The van der Waals surface area contributed by atoms with E-state index >= 15 is 0 Å². The molecule has 1 fully saturated rings. The number of hydrogen-bond acceptors (Lipinski definition) is 3. The van der Waals surface area contributed by atoms with Crippen LogP contribution in [0.25, 0.3) is 0 Å². The van der Waals surface area contributed by atoms with Gasteiger partial charge in [0.2, 0.25) is 5.91 Å². The minimum atomic E-state index is -0.0529. The first-order chi connectivity index (χ1) is 8.15. The average Bonchev–Trinajstić information content (AvgIpc) is 2.78. The molecule has 0 aromatic heterocycles. The van der Waals surface area contributed by atoms with Gasteiger partial charge in [0.1, 0.15) is 0 Å². The van der Waals surface area contributed by atoms with Gasteiger partial charge in [-0.05, 0) is 50.6 Å². The van der Waals surface area contributed by atoms with E-state index in [1.54, 1.807) is 0 Å². The lowest BCUT2D eigenvalue weighted by atomic mass is 9.82. The van der Waals surface area contributed by atoms with E-state index in [2.05, 4.69) is 24.2 Å². The summed E-state index contributed by atoms with van der Waals surface area (Å²) in [5.74, 6) is 4.99. The fourth-order valence-electron chi connectivity index (χ4n) is 2.74. The Bertz CT molecular complexity index is 239. The highest BCUT2D eigenvalue weighted by atomic mass is 16.2. The van der Waals surface area contributed by atoms with E-state index in [1.807, 2.05) is 0 Å². The minimum absolute atomic E-state index is 0.0529. The van der Waals surface area contributed by atoms with Crippen molar-refractivity contribution in [2.75, 3.05) is 19.6 Å². The number of nitrogens with one attached hydrogen (secondary N) is 1. The fourth-order valence-corrected chi connectivity index (χ4v) is 2.74. The maximum Gasteiger partial charge on any atom is 0.233 e. The van der Waals surface area contributed by atoms with E-state index in [9.17, 15) is 4.79 Å². The Morgan fingerprint density at radius 1 is 1.35 bits per heavy atom. The molecule has 100 valence electrons. The number of hydrazine groups is 1. The van der Waals surface area contributed by atoms with Crippen LogP contribution < -0.4 is 11.3 Å². The normalized spacial score (nSPS) is 19.5. The number of nitrogens with two attached hydrogens (primary N) is 1. The average molecular weight is 241 g/mol. The number of hydrogen-bond donors (Lipinski definition) is 2. The van der Waals surface area contributed by atoms with E-state index < -0.39 is 0 Å². The lowest BCUT2D eigenvalue weighted by Crippen LogP contribution is -2.30. The monoisotopic (exact) mass is 241 g/mol. The van der Waals surface area contributed by atoms with E-state index in [-0.39, 0.29) is 5.91 Å². The highest BCUT2D eigenvalue weighted by molar-refractivity contribution is 5.75. The maximum atomic E-state index is 11.0. The van der Waals surface area contributed by atoms with Crippen molar-refractivity contribution in [3.05, 3.63) is 0 Å². The first-order valence-electron chi connectivity index (χ1n) is 6.87. The summed E-state index contributed by atoms with van der Waals surface area (Å²) >= 11 is 0.